The molecule has 1 heterocycles. The van der Waals surface area contributed by atoms with Gasteiger partial charge in [0.2, 0.25) is 5.91 Å². The smallest absolute Gasteiger partial charge is 0.220 e. The molecule has 0 aromatic rings. The molecule has 0 radical (unpaired) electrons. The molecule has 1 rings (SSSR count). The van der Waals surface area contributed by atoms with Crippen molar-refractivity contribution in [3.63, 3.8) is 0 Å². The van der Waals surface area contributed by atoms with Gasteiger partial charge in [0.05, 0.1) is 25.4 Å². The van der Waals surface area contributed by atoms with Crippen LogP contribution in [0.1, 0.15) is 162 Å². The summed E-state index contributed by atoms with van der Waals surface area (Å²) in [6.07, 6.45) is 23.0. The van der Waals surface area contributed by atoms with E-state index < -0.39 is 49.5 Å². The molecule has 9 nitrogen and oxygen atoms in total. The van der Waals surface area contributed by atoms with E-state index in [2.05, 4.69) is 19.2 Å². The lowest BCUT2D eigenvalue weighted by Crippen LogP contribution is -2.60. The molecule has 0 aromatic heterocycles. The standard InChI is InChI=1S/C37H71NO8/c1-3-5-7-9-10-11-12-13-14-15-16-17-18-19-20-21-23-25-27-33(41)38-30(31(40)26-24-22-8-6-4-2)29-45-37-36(44)35(43)34(42)32(28-39)46-37/h24,26,30-32,34-37,39-40,42-44H,3-23,25,27-29H2,1-2H3,(H,38,41)/b26-24+. The van der Waals surface area contributed by atoms with Crippen molar-refractivity contribution < 1.29 is 39.8 Å². The van der Waals surface area contributed by atoms with Crippen LogP contribution in [0.5, 0.6) is 0 Å². The van der Waals surface area contributed by atoms with Crippen LogP contribution in [0.25, 0.3) is 0 Å². The highest BCUT2D eigenvalue weighted by molar-refractivity contribution is 5.76. The second-order valence-electron chi connectivity index (χ2n) is 13.4. The topological polar surface area (TPSA) is 149 Å². The van der Waals surface area contributed by atoms with Gasteiger partial charge in [0.25, 0.3) is 0 Å². The van der Waals surface area contributed by atoms with E-state index in [1.54, 1.807) is 6.08 Å². The Bertz CT molecular complexity index is 736. The zero-order chi connectivity index (χ0) is 33.8. The summed E-state index contributed by atoms with van der Waals surface area (Å²) in [7, 11) is 0. The van der Waals surface area contributed by atoms with Gasteiger partial charge in [0.1, 0.15) is 24.4 Å². The average molecular weight is 658 g/mol. The van der Waals surface area contributed by atoms with Gasteiger partial charge in [-0.25, -0.2) is 0 Å². The summed E-state index contributed by atoms with van der Waals surface area (Å²) < 4.78 is 11.1. The van der Waals surface area contributed by atoms with Gasteiger partial charge in [-0.15, -0.1) is 0 Å². The number of unbranched alkanes of at least 4 members (excludes halogenated alkanes) is 20. The first-order chi connectivity index (χ1) is 22.3. The predicted octanol–water partition coefficient (Wildman–Crippen LogP) is 6.22. The Kier molecular flexibility index (Phi) is 27.0. The largest absolute Gasteiger partial charge is 0.394 e. The minimum atomic E-state index is -1.56. The molecule has 1 amide bonds. The fourth-order valence-electron chi connectivity index (χ4n) is 5.98. The molecule has 0 aromatic carbocycles. The van der Waals surface area contributed by atoms with E-state index >= 15 is 0 Å². The lowest BCUT2D eigenvalue weighted by Gasteiger charge is -2.40. The molecule has 6 N–H and O–H groups in total. The molecule has 9 heteroatoms. The van der Waals surface area contributed by atoms with Crippen molar-refractivity contribution >= 4 is 5.91 Å². The first-order valence-corrected chi connectivity index (χ1v) is 18.9. The van der Waals surface area contributed by atoms with Crippen LogP contribution in [0.15, 0.2) is 12.2 Å². The maximum Gasteiger partial charge on any atom is 0.220 e. The van der Waals surface area contributed by atoms with E-state index in [1.807, 2.05) is 6.08 Å². The molecule has 7 unspecified atom stereocenters. The fraction of sp³-hybridized carbons (Fsp3) is 0.919. The second kappa shape index (κ2) is 28.9. The SMILES string of the molecule is CCCCC/C=C/C(O)C(COC1OC(CO)C(O)C(O)C1O)NC(=O)CCCCCCCCCCCCCCCCCCCC. The summed E-state index contributed by atoms with van der Waals surface area (Å²) in [4.78, 5) is 12.8. The number of nitrogens with one attached hydrogen (secondary N) is 1. The molecule has 1 saturated heterocycles. The van der Waals surface area contributed by atoms with Crippen molar-refractivity contribution in [2.24, 2.45) is 0 Å². The Balaban J connectivity index is 2.27. The molecule has 0 saturated carbocycles. The monoisotopic (exact) mass is 658 g/mol. The molecule has 1 aliphatic rings. The molecule has 272 valence electrons. The molecule has 0 bridgehead atoms. The van der Waals surface area contributed by atoms with Crippen molar-refractivity contribution in [1.82, 2.24) is 5.32 Å². The first-order valence-electron chi connectivity index (χ1n) is 18.9. The molecule has 1 aliphatic heterocycles. The number of rotatable bonds is 30. The predicted molar refractivity (Wildman–Crippen MR) is 184 cm³/mol. The van der Waals surface area contributed by atoms with E-state index in [0.717, 1.165) is 44.9 Å². The van der Waals surface area contributed by atoms with Crippen LogP contribution in [-0.2, 0) is 14.3 Å². The maximum absolute atomic E-state index is 12.8. The normalized spacial score (nSPS) is 23.2. The second-order valence-corrected chi connectivity index (χ2v) is 13.4. The lowest BCUT2D eigenvalue weighted by atomic mass is 9.99. The van der Waals surface area contributed by atoms with Crippen molar-refractivity contribution in [3.05, 3.63) is 12.2 Å². The minimum Gasteiger partial charge on any atom is -0.394 e. The third-order valence-electron chi connectivity index (χ3n) is 9.11. The van der Waals surface area contributed by atoms with Crippen LogP contribution in [0, 0.1) is 0 Å². The van der Waals surface area contributed by atoms with Crippen LogP contribution in [0.3, 0.4) is 0 Å². The van der Waals surface area contributed by atoms with E-state index in [0.29, 0.717) is 6.42 Å². The van der Waals surface area contributed by atoms with E-state index in [-0.39, 0.29) is 12.5 Å². The van der Waals surface area contributed by atoms with Crippen LogP contribution in [-0.4, -0.2) is 87.5 Å². The van der Waals surface area contributed by atoms with E-state index in [4.69, 9.17) is 9.47 Å². The Morgan fingerprint density at radius 3 is 1.70 bits per heavy atom. The Morgan fingerprint density at radius 2 is 1.20 bits per heavy atom. The molecule has 46 heavy (non-hydrogen) atoms. The number of hydrogen-bond acceptors (Lipinski definition) is 8. The van der Waals surface area contributed by atoms with Crippen LogP contribution in [0.2, 0.25) is 0 Å². The number of carbonyl (C=O) groups excluding carboxylic acids is 1. The zero-order valence-corrected chi connectivity index (χ0v) is 29.3. The Morgan fingerprint density at radius 1 is 0.717 bits per heavy atom. The third kappa shape index (κ3) is 20.3. The maximum atomic E-state index is 12.8. The van der Waals surface area contributed by atoms with Crippen LogP contribution >= 0.6 is 0 Å². The van der Waals surface area contributed by atoms with E-state index in [1.165, 1.54) is 96.3 Å². The molecule has 1 fully saturated rings. The number of allylic oxidation sites excluding steroid dienone is 1. The van der Waals surface area contributed by atoms with Gasteiger partial charge in [-0.05, 0) is 19.3 Å². The van der Waals surface area contributed by atoms with Gasteiger partial charge in [0.15, 0.2) is 6.29 Å². The fourth-order valence-corrected chi connectivity index (χ4v) is 5.98. The van der Waals surface area contributed by atoms with Crippen molar-refractivity contribution in [3.8, 4) is 0 Å². The van der Waals surface area contributed by atoms with Crippen molar-refractivity contribution in [2.45, 2.75) is 204 Å². The summed E-state index contributed by atoms with van der Waals surface area (Å²) in [6.45, 7) is 3.65. The number of ether oxygens (including phenoxy) is 2. The summed E-state index contributed by atoms with van der Waals surface area (Å²) >= 11 is 0. The quantitative estimate of drug-likeness (QED) is 0.0394. The molecular weight excluding hydrogens is 586 g/mol. The summed E-state index contributed by atoms with van der Waals surface area (Å²) in [5, 5.41) is 53.5. The lowest BCUT2D eigenvalue weighted by molar-refractivity contribution is -0.302. The molecule has 0 aliphatic carbocycles. The highest BCUT2D eigenvalue weighted by Gasteiger charge is 2.44. The molecule has 7 atom stereocenters. The number of aliphatic hydroxyl groups is 5. The number of carbonyl (C=O) groups is 1. The molecule has 0 spiro atoms. The van der Waals surface area contributed by atoms with Crippen LogP contribution < -0.4 is 5.32 Å². The number of amides is 1. The highest BCUT2D eigenvalue weighted by Crippen LogP contribution is 2.22. The third-order valence-corrected chi connectivity index (χ3v) is 9.11. The minimum absolute atomic E-state index is 0.183. The van der Waals surface area contributed by atoms with Crippen LogP contribution in [0.4, 0.5) is 0 Å². The van der Waals surface area contributed by atoms with Gasteiger partial charge in [0, 0.05) is 6.42 Å². The summed E-state index contributed by atoms with van der Waals surface area (Å²) in [5.41, 5.74) is 0. The highest BCUT2D eigenvalue weighted by atomic mass is 16.7. The first kappa shape index (κ1) is 43.0. The van der Waals surface area contributed by atoms with Gasteiger partial charge in [-0.1, -0.05) is 148 Å². The number of aliphatic hydroxyl groups excluding tert-OH is 5. The van der Waals surface area contributed by atoms with Gasteiger partial charge in [-0.2, -0.15) is 0 Å². The molecular formula is C37H71NO8. The average Bonchev–Trinajstić information content (AvgIpc) is 3.05. The number of hydrogen-bond donors (Lipinski definition) is 6. The van der Waals surface area contributed by atoms with E-state index in [9.17, 15) is 30.3 Å². The van der Waals surface area contributed by atoms with Crippen molar-refractivity contribution in [1.29, 1.82) is 0 Å². The van der Waals surface area contributed by atoms with Gasteiger partial charge in [-0.3, -0.25) is 4.79 Å². The van der Waals surface area contributed by atoms with Crippen molar-refractivity contribution in [2.75, 3.05) is 13.2 Å². The Labute approximate surface area is 280 Å². The van der Waals surface area contributed by atoms with Gasteiger partial charge >= 0.3 is 0 Å². The summed E-state index contributed by atoms with van der Waals surface area (Å²) in [5.74, 6) is -0.183. The summed E-state index contributed by atoms with van der Waals surface area (Å²) in [6, 6.07) is -0.794. The van der Waals surface area contributed by atoms with Gasteiger partial charge < -0.3 is 40.3 Å². The Hall–Kier alpha value is -1.07. The zero-order valence-electron chi connectivity index (χ0n) is 29.3.